The molecule has 11 nitrogen and oxygen atoms in total. The van der Waals surface area contributed by atoms with Gasteiger partial charge in [-0.05, 0) is 60.5 Å². The number of nitrogens with zero attached hydrogens (tertiary/aromatic N) is 6. The molecule has 0 saturated carbocycles. The van der Waals surface area contributed by atoms with E-state index in [9.17, 15) is 14.9 Å². The summed E-state index contributed by atoms with van der Waals surface area (Å²) in [6.45, 7) is 2.74. The van der Waals surface area contributed by atoms with E-state index >= 15 is 0 Å². The standard InChI is InChI=1S/C33H28N6O5S/c1-3-4-18-44-27-16-10-22(19-28(27)43-2)11-17-30-34-33-38(35-30)32(40)29(45-33)20-24-21-37(25-8-6-5-7-9-25)36-31(24)23-12-14-26(15-13-23)39(41)42/h5-17,19-21H,3-4,18H2,1-2H3/b17-11+,29-20-. The molecule has 0 spiro atoms. The van der Waals surface area contributed by atoms with Crippen LogP contribution < -0.4 is 19.6 Å². The Bertz CT molecular complexity index is 2120. The summed E-state index contributed by atoms with van der Waals surface area (Å²) >= 11 is 1.22. The molecule has 0 saturated heterocycles. The highest BCUT2D eigenvalue weighted by Crippen LogP contribution is 2.29. The van der Waals surface area contributed by atoms with E-state index in [4.69, 9.17) is 14.6 Å². The first-order chi connectivity index (χ1) is 21.9. The Morgan fingerprint density at radius 3 is 2.51 bits per heavy atom. The van der Waals surface area contributed by atoms with E-state index < -0.39 is 4.92 Å². The molecule has 0 aliphatic heterocycles. The number of thiazole rings is 1. The van der Waals surface area contributed by atoms with Crippen LogP contribution >= 0.6 is 11.3 Å². The SMILES string of the molecule is CCCCOc1ccc(/C=C/c2nc3s/c(=C\c4cn(-c5ccccc5)nc4-c4ccc([N+](=O)[O-])cc4)c(=O)n3n2)cc1OC. The van der Waals surface area contributed by atoms with Gasteiger partial charge in [-0.1, -0.05) is 55.0 Å². The largest absolute Gasteiger partial charge is 0.493 e. The van der Waals surface area contributed by atoms with E-state index in [-0.39, 0.29) is 11.2 Å². The fraction of sp³-hybridized carbons (Fsp3) is 0.152. The van der Waals surface area contributed by atoms with Gasteiger partial charge in [0.05, 0.1) is 28.9 Å². The lowest BCUT2D eigenvalue weighted by Gasteiger charge is -2.10. The van der Waals surface area contributed by atoms with Crippen LogP contribution in [0.15, 0.2) is 83.8 Å². The number of aromatic nitrogens is 5. The lowest BCUT2D eigenvalue weighted by atomic mass is 10.1. The Balaban J connectivity index is 1.31. The van der Waals surface area contributed by atoms with Crippen molar-refractivity contribution in [2.45, 2.75) is 19.8 Å². The van der Waals surface area contributed by atoms with E-state index in [0.717, 1.165) is 24.1 Å². The lowest BCUT2D eigenvalue weighted by molar-refractivity contribution is -0.384. The monoisotopic (exact) mass is 620 g/mol. The molecule has 0 fully saturated rings. The lowest BCUT2D eigenvalue weighted by Crippen LogP contribution is -2.23. The molecule has 0 aliphatic rings. The van der Waals surface area contributed by atoms with Gasteiger partial charge in [-0.2, -0.15) is 14.6 Å². The van der Waals surface area contributed by atoms with Gasteiger partial charge in [0.1, 0.15) is 5.69 Å². The first kappa shape index (κ1) is 29.5. The molecular formula is C33H28N6O5S. The van der Waals surface area contributed by atoms with Crippen molar-refractivity contribution in [3.8, 4) is 28.4 Å². The summed E-state index contributed by atoms with van der Waals surface area (Å²) in [5, 5.41) is 20.3. The zero-order valence-electron chi connectivity index (χ0n) is 24.5. The molecule has 0 bridgehead atoms. The summed E-state index contributed by atoms with van der Waals surface area (Å²) in [6, 6.07) is 21.4. The van der Waals surface area contributed by atoms with E-state index in [1.165, 1.54) is 28.0 Å². The molecule has 12 heteroatoms. The summed E-state index contributed by atoms with van der Waals surface area (Å²) in [5.41, 5.74) is 3.31. The Morgan fingerprint density at radius 2 is 1.80 bits per heavy atom. The highest BCUT2D eigenvalue weighted by Gasteiger charge is 2.15. The maximum absolute atomic E-state index is 13.4. The van der Waals surface area contributed by atoms with Crippen molar-refractivity contribution in [2.75, 3.05) is 13.7 Å². The zero-order valence-corrected chi connectivity index (χ0v) is 25.3. The fourth-order valence-corrected chi connectivity index (χ4v) is 5.54. The highest BCUT2D eigenvalue weighted by molar-refractivity contribution is 7.15. The first-order valence-corrected chi connectivity index (χ1v) is 15.1. The molecule has 45 heavy (non-hydrogen) atoms. The van der Waals surface area contributed by atoms with Crippen LogP contribution in [-0.4, -0.2) is 43.0 Å². The zero-order chi connectivity index (χ0) is 31.3. The van der Waals surface area contributed by atoms with Gasteiger partial charge >= 0.3 is 0 Å². The van der Waals surface area contributed by atoms with Gasteiger partial charge in [0.25, 0.3) is 11.2 Å². The molecule has 6 aromatic rings. The van der Waals surface area contributed by atoms with E-state index in [1.54, 1.807) is 36.1 Å². The Labute approximate surface area is 261 Å². The molecule has 3 heterocycles. The number of non-ortho nitro benzene ring substituents is 1. The van der Waals surface area contributed by atoms with Gasteiger partial charge in [0.2, 0.25) is 4.96 Å². The molecule has 3 aromatic carbocycles. The van der Waals surface area contributed by atoms with Crippen LogP contribution in [0.1, 0.15) is 36.7 Å². The smallest absolute Gasteiger partial charge is 0.291 e. The second-order valence-electron chi connectivity index (χ2n) is 10.0. The van der Waals surface area contributed by atoms with E-state index in [0.29, 0.717) is 50.2 Å². The molecule has 0 unspecified atom stereocenters. The minimum absolute atomic E-state index is 0.0170. The van der Waals surface area contributed by atoms with Crippen LogP contribution in [0.5, 0.6) is 11.5 Å². The normalized spacial score (nSPS) is 11.9. The minimum Gasteiger partial charge on any atom is -0.493 e. The minimum atomic E-state index is -0.446. The molecule has 226 valence electrons. The van der Waals surface area contributed by atoms with Crippen molar-refractivity contribution >= 4 is 40.2 Å². The molecular weight excluding hydrogens is 592 g/mol. The predicted octanol–water partition coefficient (Wildman–Crippen LogP) is 5.82. The quantitative estimate of drug-likeness (QED) is 0.101. The summed E-state index contributed by atoms with van der Waals surface area (Å²) in [6.07, 6.45) is 9.18. The second kappa shape index (κ2) is 12.9. The van der Waals surface area contributed by atoms with Crippen LogP contribution in [0.25, 0.3) is 40.1 Å². The maximum Gasteiger partial charge on any atom is 0.291 e. The van der Waals surface area contributed by atoms with Crippen LogP contribution in [0.3, 0.4) is 0 Å². The van der Waals surface area contributed by atoms with Crippen LogP contribution in [0, 0.1) is 10.1 Å². The predicted molar refractivity (Wildman–Crippen MR) is 174 cm³/mol. The third kappa shape index (κ3) is 6.36. The van der Waals surface area contributed by atoms with Crippen molar-refractivity contribution in [2.24, 2.45) is 0 Å². The van der Waals surface area contributed by atoms with E-state index in [2.05, 4.69) is 17.0 Å². The van der Waals surface area contributed by atoms with Crippen molar-refractivity contribution in [1.29, 1.82) is 0 Å². The number of rotatable bonds is 11. The van der Waals surface area contributed by atoms with Gasteiger partial charge < -0.3 is 9.47 Å². The molecule has 0 amide bonds. The number of para-hydroxylation sites is 1. The molecule has 0 N–H and O–H groups in total. The number of methoxy groups -OCH3 is 1. The summed E-state index contributed by atoms with van der Waals surface area (Å²) in [7, 11) is 1.60. The summed E-state index contributed by atoms with van der Waals surface area (Å²) in [4.78, 5) is 29.1. The fourth-order valence-electron chi connectivity index (χ4n) is 4.64. The molecule has 0 aliphatic carbocycles. The number of nitro benzene ring substituents is 1. The molecule has 3 aromatic heterocycles. The number of hydrogen-bond acceptors (Lipinski definition) is 9. The number of nitro groups is 1. The first-order valence-electron chi connectivity index (χ1n) is 14.2. The molecule has 6 rings (SSSR count). The average Bonchev–Trinajstić information content (AvgIpc) is 3.75. The number of unbranched alkanes of at least 4 members (excludes halogenated alkanes) is 1. The number of hydrogen-bond donors (Lipinski definition) is 0. The van der Waals surface area contributed by atoms with Crippen LogP contribution in [0.2, 0.25) is 0 Å². The van der Waals surface area contributed by atoms with Crippen LogP contribution in [0.4, 0.5) is 5.69 Å². The Hall–Kier alpha value is -5.62. The van der Waals surface area contributed by atoms with Gasteiger partial charge in [0, 0.05) is 29.5 Å². The molecule has 0 atom stereocenters. The molecule has 0 radical (unpaired) electrons. The van der Waals surface area contributed by atoms with Crippen molar-refractivity contribution in [3.63, 3.8) is 0 Å². The average molecular weight is 621 g/mol. The third-order valence-electron chi connectivity index (χ3n) is 6.97. The van der Waals surface area contributed by atoms with Gasteiger partial charge in [0.15, 0.2) is 17.3 Å². The van der Waals surface area contributed by atoms with Crippen molar-refractivity contribution in [3.05, 3.63) is 121 Å². The van der Waals surface area contributed by atoms with Crippen LogP contribution in [-0.2, 0) is 0 Å². The van der Waals surface area contributed by atoms with Crippen molar-refractivity contribution in [1.82, 2.24) is 24.4 Å². The summed E-state index contributed by atoms with van der Waals surface area (Å²) in [5.74, 6) is 1.72. The maximum atomic E-state index is 13.4. The second-order valence-corrected chi connectivity index (χ2v) is 11.1. The number of fused-ring (bicyclic) bond motifs is 1. The Kier molecular flexibility index (Phi) is 8.47. The Morgan fingerprint density at radius 1 is 1.00 bits per heavy atom. The summed E-state index contributed by atoms with van der Waals surface area (Å²) < 4.78 is 14.7. The van der Waals surface area contributed by atoms with Gasteiger partial charge in [-0.3, -0.25) is 14.9 Å². The highest BCUT2D eigenvalue weighted by atomic mass is 32.1. The third-order valence-corrected chi connectivity index (χ3v) is 7.93. The number of ether oxygens (including phenoxy) is 2. The van der Waals surface area contributed by atoms with Gasteiger partial charge in [-0.25, -0.2) is 4.68 Å². The topological polar surface area (TPSA) is 127 Å². The van der Waals surface area contributed by atoms with Gasteiger partial charge in [-0.15, -0.1) is 5.10 Å². The van der Waals surface area contributed by atoms with E-state index in [1.807, 2.05) is 60.8 Å². The van der Waals surface area contributed by atoms with Crippen molar-refractivity contribution < 1.29 is 14.4 Å². The number of benzene rings is 3.